The summed E-state index contributed by atoms with van der Waals surface area (Å²) in [7, 11) is 2.01. The first-order valence-electron chi connectivity index (χ1n) is 10.2. The Morgan fingerprint density at radius 2 is 1.96 bits per heavy atom. The van der Waals surface area contributed by atoms with Gasteiger partial charge in [-0.15, -0.1) is 0 Å². The summed E-state index contributed by atoms with van der Waals surface area (Å²) in [5.41, 5.74) is 3.48. The van der Waals surface area contributed by atoms with E-state index in [9.17, 15) is 9.90 Å². The Labute approximate surface area is 160 Å². The number of nitrogens with zero attached hydrogens (tertiary/aromatic N) is 3. The van der Waals surface area contributed by atoms with E-state index >= 15 is 0 Å². The molecule has 1 saturated heterocycles. The van der Waals surface area contributed by atoms with Crippen molar-refractivity contribution in [1.29, 1.82) is 0 Å². The molecule has 5 nitrogen and oxygen atoms in total. The molecule has 2 heterocycles. The maximum absolute atomic E-state index is 12.5. The molecule has 1 spiro atoms. The van der Waals surface area contributed by atoms with Crippen molar-refractivity contribution >= 4 is 16.8 Å². The van der Waals surface area contributed by atoms with E-state index in [0.29, 0.717) is 18.3 Å². The van der Waals surface area contributed by atoms with E-state index in [0.717, 1.165) is 31.1 Å². The fourth-order valence-corrected chi connectivity index (χ4v) is 5.87. The number of aryl methyl sites for hydroxylation is 2. The van der Waals surface area contributed by atoms with Crippen molar-refractivity contribution in [2.75, 3.05) is 13.1 Å². The zero-order valence-corrected chi connectivity index (χ0v) is 16.5. The molecule has 0 unspecified atom stereocenters. The lowest BCUT2D eigenvalue weighted by molar-refractivity contribution is -0.171. The van der Waals surface area contributed by atoms with Gasteiger partial charge < -0.3 is 10.0 Å². The van der Waals surface area contributed by atoms with E-state index in [1.54, 1.807) is 0 Å². The molecule has 2 aromatic rings. The van der Waals surface area contributed by atoms with Crippen molar-refractivity contribution in [3.63, 3.8) is 0 Å². The van der Waals surface area contributed by atoms with E-state index in [4.69, 9.17) is 0 Å². The number of carbonyl (C=O) groups is 1. The average Bonchev–Trinajstić information content (AvgIpc) is 2.79. The predicted octanol–water partition coefficient (Wildman–Crippen LogP) is 2.82. The number of likely N-dealkylation sites (tertiary alicyclic amines) is 1. The molecule has 27 heavy (non-hydrogen) atoms. The van der Waals surface area contributed by atoms with Gasteiger partial charge in [-0.25, -0.2) is 0 Å². The second kappa shape index (κ2) is 5.57. The van der Waals surface area contributed by atoms with Gasteiger partial charge >= 0.3 is 0 Å². The number of fused-ring (bicyclic) bond motifs is 1. The number of carbonyl (C=O) groups excluding carboxylic acids is 1. The second-order valence-electron chi connectivity index (χ2n) is 9.84. The number of benzene rings is 1. The number of hydrogen-bond donors (Lipinski definition) is 1. The maximum atomic E-state index is 12.5. The molecule has 144 valence electrons. The molecule has 0 atom stereocenters. The summed E-state index contributed by atoms with van der Waals surface area (Å²) in [4.78, 5) is 14.5. The van der Waals surface area contributed by atoms with Crippen LogP contribution in [0.4, 0.5) is 0 Å². The molecule has 0 radical (unpaired) electrons. The SMILES string of the molecule is Cc1nn(C)c2cc(CC3CC4(C3)CN(C(=O)[C@H]3C[C@@](C)(O)C3)C4)ccc12. The standard InChI is InChI=1S/C22H29N3O2/c1-14-18-5-4-15(7-19(18)24(3)23-14)6-16-8-22(9-16)12-25(13-22)20(26)17-10-21(2,27)11-17/h4-5,7,16-17,27H,6,8-13H2,1-3H3/t17-,21+. The lowest BCUT2D eigenvalue weighted by Gasteiger charge is -2.60. The number of rotatable bonds is 3. The Hall–Kier alpha value is -1.88. The van der Waals surface area contributed by atoms with E-state index in [1.165, 1.54) is 29.3 Å². The fourth-order valence-electron chi connectivity index (χ4n) is 5.87. The number of hydrogen-bond acceptors (Lipinski definition) is 3. The monoisotopic (exact) mass is 367 g/mol. The summed E-state index contributed by atoms with van der Waals surface area (Å²) < 4.78 is 1.98. The van der Waals surface area contributed by atoms with Gasteiger partial charge in [0.15, 0.2) is 0 Å². The molecular formula is C22H29N3O2. The van der Waals surface area contributed by atoms with Gasteiger partial charge in [0, 0.05) is 36.9 Å². The van der Waals surface area contributed by atoms with Crippen LogP contribution in [0.15, 0.2) is 18.2 Å². The Balaban J connectivity index is 1.15. The number of aromatic nitrogens is 2. The van der Waals surface area contributed by atoms with Gasteiger partial charge in [-0.1, -0.05) is 12.1 Å². The molecular weight excluding hydrogens is 338 g/mol. The lowest BCUT2D eigenvalue weighted by Crippen LogP contribution is -2.66. The van der Waals surface area contributed by atoms with E-state index in [-0.39, 0.29) is 11.8 Å². The topological polar surface area (TPSA) is 58.4 Å². The van der Waals surface area contributed by atoms with Crippen LogP contribution in [0.25, 0.3) is 10.9 Å². The van der Waals surface area contributed by atoms with Gasteiger partial charge in [0.05, 0.1) is 16.8 Å². The third-order valence-electron chi connectivity index (χ3n) is 7.15. The van der Waals surface area contributed by atoms with Crippen LogP contribution >= 0.6 is 0 Å². The van der Waals surface area contributed by atoms with Crippen LogP contribution in [-0.4, -0.2) is 44.4 Å². The number of amides is 1. The van der Waals surface area contributed by atoms with Crippen LogP contribution in [-0.2, 0) is 18.3 Å². The maximum Gasteiger partial charge on any atom is 0.225 e. The van der Waals surface area contributed by atoms with Gasteiger partial charge in [-0.05, 0) is 63.5 Å². The van der Waals surface area contributed by atoms with Crippen LogP contribution in [0.3, 0.4) is 0 Å². The van der Waals surface area contributed by atoms with Gasteiger partial charge in [-0.3, -0.25) is 9.48 Å². The molecule has 2 aliphatic carbocycles. The molecule has 0 bridgehead atoms. The molecule has 5 rings (SSSR count). The highest BCUT2D eigenvalue weighted by atomic mass is 16.3. The fraction of sp³-hybridized carbons (Fsp3) is 0.636. The Kier molecular flexibility index (Phi) is 3.55. The molecule has 3 fully saturated rings. The predicted molar refractivity (Wildman–Crippen MR) is 104 cm³/mol. The minimum absolute atomic E-state index is 0.0577. The van der Waals surface area contributed by atoms with E-state index in [1.807, 2.05) is 23.6 Å². The first-order valence-corrected chi connectivity index (χ1v) is 10.2. The summed E-state index contributed by atoms with van der Waals surface area (Å²) >= 11 is 0. The highest BCUT2D eigenvalue weighted by Crippen LogP contribution is 2.54. The minimum Gasteiger partial charge on any atom is -0.390 e. The third kappa shape index (κ3) is 2.78. The normalized spacial score (nSPS) is 29.5. The first kappa shape index (κ1) is 17.2. The van der Waals surface area contributed by atoms with Crippen molar-refractivity contribution < 1.29 is 9.90 Å². The molecule has 3 aliphatic rings. The first-order chi connectivity index (χ1) is 12.7. The van der Waals surface area contributed by atoms with Crippen LogP contribution in [0.1, 0.15) is 43.9 Å². The van der Waals surface area contributed by atoms with Gasteiger partial charge in [-0.2, -0.15) is 5.10 Å². The van der Waals surface area contributed by atoms with Crippen LogP contribution < -0.4 is 0 Å². The zero-order chi connectivity index (χ0) is 19.0. The van der Waals surface area contributed by atoms with Gasteiger partial charge in [0.2, 0.25) is 5.91 Å². The van der Waals surface area contributed by atoms with Crippen molar-refractivity contribution in [2.45, 2.75) is 51.6 Å². The summed E-state index contributed by atoms with van der Waals surface area (Å²) in [6.45, 7) is 5.75. The number of aliphatic hydroxyl groups is 1. The van der Waals surface area contributed by atoms with Crippen LogP contribution in [0.5, 0.6) is 0 Å². The summed E-state index contributed by atoms with van der Waals surface area (Å²) in [5, 5.41) is 15.6. The molecule has 2 saturated carbocycles. The summed E-state index contributed by atoms with van der Waals surface area (Å²) in [5.74, 6) is 1.06. The molecule has 1 N–H and O–H groups in total. The Bertz CT molecular complexity index is 907. The Morgan fingerprint density at radius 1 is 1.26 bits per heavy atom. The zero-order valence-electron chi connectivity index (χ0n) is 16.5. The third-order valence-corrected chi connectivity index (χ3v) is 7.15. The molecule has 1 aliphatic heterocycles. The summed E-state index contributed by atoms with van der Waals surface area (Å²) in [6.07, 6.45) is 4.87. The quantitative estimate of drug-likeness (QED) is 0.908. The smallest absolute Gasteiger partial charge is 0.225 e. The average molecular weight is 367 g/mol. The van der Waals surface area contributed by atoms with Crippen molar-refractivity contribution in [3.8, 4) is 0 Å². The largest absolute Gasteiger partial charge is 0.390 e. The summed E-state index contributed by atoms with van der Waals surface area (Å²) in [6, 6.07) is 6.75. The minimum atomic E-state index is -0.613. The molecule has 1 aromatic carbocycles. The van der Waals surface area contributed by atoms with Crippen LogP contribution in [0.2, 0.25) is 0 Å². The molecule has 1 amide bonds. The van der Waals surface area contributed by atoms with E-state index < -0.39 is 5.60 Å². The van der Waals surface area contributed by atoms with Crippen molar-refractivity contribution in [1.82, 2.24) is 14.7 Å². The molecule has 5 heteroatoms. The van der Waals surface area contributed by atoms with Gasteiger partial charge in [0.25, 0.3) is 0 Å². The van der Waals surface area contributed by atoms with Crippen molar-refractivity contribution in [2.24, 2.45) is 24.3 Å². The van der Waals surface area contributed by atoms with Crippen molar-refractivity contribution in [3.05, 3.63) is 29.5 Å². The highest BCUT2D eigenvalue weighted by Gasteiger charge is 2.55. The lowest BCUT2D eigenvalue weighted by atomic mass is 9.56. The second-order valence-corrected chi connectivity index (χ2v) is 9.84. The van der Waals surface area contributed by atoms with Gasteiger partial charge in [0.1, 0.15) is 0 Å². The molecule has 1 aromatic heterocycles. The van der Waals surface area contributed by atoms with E-state index in [2.05, 4.69) is 30.2 Å². The van der Waals surface area contributed by atoms with Crippen LogP contribution in [0, 0.1) is 24.2 Å². The Morgan fingerprint density at radius 3 is 2.63 bits per heavy atom. The highest BCUT2D eigenvalue weighted by molar-refractivity contribution is 5.82.